The predicted octanol–water partition coefficient (Wildman–Crippen LogP) is 4.58. The van der Waals surface area contributed by atoms with Gasteiger partial charge in [0.1, 0.15) is 11.6 Å². The highest BCUT2D eigenvalue weighted by Crippen LogP contribution is 2.23. The van der Waals surface area contributed by atoms with E-state index in [2.05, 4.69) is 24.5 Å². The average molecular weight is 333 g/mol. The van der Waals surface area contributed by atoms with Crippen LogP contribution in [0.4, 0.5) is 11.4 Å². The normalized spacial score (nSPS) is 10.9. The van der Waals surface area contributed by atoms with Gasteiger partial charge in [-0.3, -0.25) is 4.79 Å². The van der Waals surface area contributed by atoms with E-state index in [4.69, 9.17) is 0 Å². The number of nitriles is 1. The highest BCUT2D eigenvalue weighted by Gasteiger charge is 2.11. The van der Waals surface area contributed by atoms with Crippen LogP contribution in [0.5, 0.6) is 0 Å². The summed E-state index contributed by atoms with van der Waals surface area (Å²) in [5.74, 6) is -0.425. The van der Waals surface area contributed by atoms with E-state index < -0.39 is 5.91 Å². The van der Waals surface area contributed by atoms with Gasteiger partial charge >= 0.3 is 0 Å². The Kier molecular flexibility index (Phi) is 6.36. The highest BCUT2D eigenvalue weighted by molar-refractivity contribution is 6.06. The quantitative estimate of drug-likeness (QED) is 0.601. The van der Waals surface area contributed by atoms with Gasteiger partial charge in [-0.15, -0.1) is 0 Å². The second kappa shape index (κ2) is 8.70. The maximum Gasteiger partial charge on any atom is 0.267 e. The molecule has 0 atom stereocenters. The number of rotatable bonds is 6. The third-order valence-electron chi connectivity index (χ3n) is 4.03. The minimum absolute atomic E-state index is 0.0357. The van der Waals surface area contributed by atoms with Crippen LogP contribution in [0, 0.1) is 18.3 Å². The molecule has 0 aliphatic rings. The van der Waals surface area contributed by atoms with Crippen LogP contribution in [-0.2, 0) is 17.6 Å². The van der Waals surface area contributed by atoms with Gasteiger partial charge in [0.2, 0.25) is 0 Å². The Labute approximate surface area is 149 Å². The van der Waals surface area contributed by atoms with E-state index >= 15 is 0 Å². The smallest absolute Gasteiger partial charge is 0.267 e. The van der Waals surface area contributed by atoms with E-state index in [0.29, 0.717) is 5.69 Å². The maximum absolute atomic E-state index is 12.3. The van der Waals surface area contributed by atoms with Crippen molar-refractivity contribution in [1.82, 2.24) is 0 Å². The molecule has 0 bridgehead atoms. The van der Waals surface area contributed by atoms with Crippen LogP contribution < -0.4 is 10.6 Å². The van der Waals surface area contributed by atoms with Crippen molar-refractivity contribution in [3.8, 4) is 6.07 Å². The number of hydrogen-bond acceptors (Lipinski definition) is 3. The Hall–Kier alpha value is -3.06. The third kappa shape index (κ3) is 4.71. The minimum Gasteiger partial charge on any atom is -0.360 e. The Bertz CT molecular complexity index is 792. The number of carbonyl (C=O) groups excluding carboxylic acids is 1. The number of anilines is 2. The second-order valence-corrected chi connectivity index (χ2v) is 5.79. The molecule has 4 heteroatoms. The zero-order valence-electron chi connectivity index (χ0n) is 14.9. The molecule has 25 heavy (non-hydrogen) atoms. The van der Waals surface area contributed by atoms with Crippen molar-refractivity contribution in [2.45, 2.75) is 33.6 Å². The molecule has 0 unspecified atom stereocenters. The number of nitrogens with one attached hydrogen (secondary N) is 2. The molecule has 2 aromatic carbocycles. The number of amides is 1. The fourth-order valence-electron chi connectivity index (χ4n) is 2.56. The molecule has 0 radical (unpaired) electrons. The summed E-state index contributed by atoms with van der Waals surface area (Å²) in [6.07, 6.45) is 3.24. The van der Waals surface area contributed by atoms with Crippen LogP contribution in [0.15, 0.2) is 54.2 Å². The molecule has 0 fully saturated rings. The molecular formula is C21H23N3O. The summed E-state index contributed by atoms with van der Waals surface area (Å²) in [5, 5.41) is 15.2. The molecule has 2 aromatic rings. The first-order valence-corrected chi connectivity index (χ1v) is 8.44. The van der Waals surface area contributed by atoms with Gasteiger partial charge in [-0.2, -0.15) is 5.26 Å². The van der Waals surface area contributed by atoms with Crippen molar-refractivity contribution in [2.75, 3.05) is 10.6 Å². The molecule has 1 amide bonds. The van der Waals surface area contributed by atoms with Crippen molar-refractivity contribution in [2.24, 2.45) is 0 Å². The maximum atomic E-state index is 12.3. The van der Waals surface area contributed by atoms with Gasteiger partial charge in [-0.25, -0.2) is 0 Å². The standard InChI is InChI=1S/C21H23N3O/c1-4-16-7-6-8-17(5-2)20(16)23-14-18(13-22)21(25)24-19-11-9-15(3)10-12-19/h6-12,14,23H,4-5H2,1-3H3,(H,24,25)/b18-14-. The lowest BCUT2D eigenvalue weighted by Gasteiger charge is -2.13. The van der Waals surface area contributed by atoms with E-state index in [1.807, 2.05) is 55.5 Å². The van der Waals surface area contributed by atoms with E-state index in [1.165, 1.54) is 6.20 Å². The van der Waals surface area contributed by atoms with Crippen LogP contribution >= 0.6 is 0 Å². The van der Waals surface area contributed by atoms with Crippen molar-refractivity contribution in [3.05, 3.63) is 70.9 Å². The number of para-hydroxylation sites is 1. The number of benzene rings is 2. The van der Waals surface area contributed by atoms with Crippen molar-refractivity contribution in [3.63, 3.8) is 0 Å². The Balaban J connectivity index is 2.19. The summed E-state index contributed by atoms with van der Waals surface area (Å²) in [4.78, 5) is 12.3. The number of hydrogen-bond donors (Lipinski definition) is 2. The van der Waals surface area contributed by atoms with Crippen LogP contribution in [0.2, 0.25) is 0 Å². The molecule has 128 valence electrons. The van der Waals surface area contributed by atoms with E-state index in [9.17, 15) is 10.1 Å². The lowest BCUT2D eigenvalue weighted by Crippen LogP contribution is -2.14. The van der Waals surface area contributed by atoms with Crippen molar-refractivity contribution >= 4 is 17.3 Å². The van der Waals surface area contributed by atoms with E-state index in [-0.39, 0.29) is 5.57 Å². The predicted molar refractivity (Wildman–Crippen MR) is 102 cm³/mol. The van der Waals surface area contributed by atoms with Crippen molar-refractivity contribution in [1.29, 1.82) is 5.26 Å². The van der Waals surface area contributed by atoms with Gasteiger partial charge in [0.05, 0.1) is 0 Å². The topological polar surface area (TPSA) is 64.9 Å². The van der Waals surface area contributed by atoms with Gasteiger partial charge in [0.25, 0.3) is 5.91 Å². The summed E-state index contributed by atoms with van der Waals surface area (Å²) in [6, 6.07) is 15.5. The number of aryl methyl sites for hydroxylation is 3. The first-order chi connectivity index (χ1) is 12.1. The number of nitrogens with zero attached hydrogens (tertiary/aromatic N) is 1. The highest BCUT2D eigenvalue weighted by atomic mass is 16.1. The molecular weight excluding hydrogens is 310 g/mol. The third-order valence-corrected chi connectivity index (χ3v) is 4.03. The molecule has 0 saturated heterocycles. The van der Waals surface area contributed by atoms with E-state index in [1.54, 1.807) is 0 Å². The van der Waals surface area contributed by atoms with Gasteiger partial charge in [0, 0.05) is 17.6 Å². The molecule has 0 heterocycles. The summed E-state index contributed by atoms with van der Waals surface area (Å²) < 4.78 is 0. The lowest BCUT2D eigenvalue weighted by atomic mass is 10.0. The Morgan fingerprint density at radius 1 is 1.08 bits per heavy atom. The molecule has 0 spiro atoms. The molecule has 2 N–H and O–H groups in total. The van der Waals surface area contributed by atoms with E-state index in [0.717, 1.165) is 35.2 Å². The van der Waals surface area contributed by atoms with Gasteiger partial charge in [-0.05, 0) is 43.0 Å². The van der Waals surface area contributed by atoms with Crippen molar-refractivity contribution < 1.29 is 4.79 Å². The average Bonchev–Trinajstić information content (AvgIpc) is 2.64. The fourth-order valence-corrected chi connectivity index (χ4v) is 2.56. The summed E-state index contributed by atoms with van der Waals surface area (Å²) in [5.41, 5.74) is 5.11. The van der Waals surface area contributed by atoms with Gasteiger partial charge < -0.3 is 10.6 Å². The van der Waals surface area contributed by atoms with Gasteiger partial charge in [0.15, 0.2) is 0 Å². The van der Waals surface area contributed by atoms with Gasteiger partial charge in [-0.1, -0.05) is 49.7 Å². The zero-order valence-corrected chi connectivity index (χ0v) is 14.9. The lowest BCUT2D eigenvalue weighted by molar-refractivity contribution is -0.112. The van der Waals surface area contributed by atoms with Crippen LogP contribution in [-0.4, -0.2) is 5.91 Å². The van der Waals surface area contributed by atoms with Crippen LogP contribution in [0.3, 0.4) is 0 Å². The first kappa shape index (κ1) is 18.3. The summed E-state index contributed by atoms with van der Waals surface area (Å²) in [6.45, 7) is 6.14. The summed E-state index contributed by atoms with van der Waals surface area (Å²) >= 11 is 0. The van der Waals surface area contributed by atoms with Crippen LogP contribution in [0.1, 0.15) is 30.5 Å². The zero-order chi connectivity index (χ0) is 18.2. The molecule has 0 aliphatic heterocycles. The molecule has 0 aromatic heterocycles. The first-order valence-electron chi connectivity index (χ1n) is 8.44. The SMILES string of the molecule is CCc1cccc(CC)c1N/C=C(/C#N)C(=O)Nc1ccc(C)cc1. The Morgan fingerprint density at radius 3 is 2.20 bits per heavy atom. The molecule has 0 aliphatic carbocycles. The molecule has 2 rings (SSSR count). The minimum atomic E-state index is -0.425. The number of carbonyl (C=O) groups is 1. The fraction of sp³-hybridized carbons (Fsp3) is 0.238. The molecule has 4 nitrogen and oxygen atoms in total. The van der Waals surface area contributed by atoms with Crippen LogP contribution in [0.25, 0.3) is 0 Å². The second-order valence-electron chi connectivity index (χ2n) is 5.79. The largest absolute Gasteiger partial charge is 0.360 e. The monoisotopic (exact) mass is 333 g/mol. The summed E-state index contributed by atoms with van der Waals surface area (Å²) in [7, 11) is 0. The Morgan fingerprint density at radius 2 is 1.68 bits per heavy atom. The molecule has 0 saturated carbocycles.